The number of hydrogen-bond acceptors (Lipinski definition) is 4. The van der Waals surface area contributed by atoms with E-state index in [0.29, 0.717) is 0 Å². The lowest BCUT2D eigenvalue weighted by Crippen LogP contribution is -1.88. The summed E-state index contributed by atoms with van der Waals surface area (Å²) in [6.45, 7) is 4.58. The van der Waals surface area contributed by atoms with Gasteiger partial charge in [0.2, 0.25) is 0 Å². The van der Waals surface area contributed by atoms with Crippen molar-refractivity contribution in [2.45, 2.75) is 155 Å². The summed E-state index contributed by atoms with van der Waals surface area (Å²) < 4.78 is 2.12. The van der Waals surface area contributed by atoms with Crippen LogP contribution >= 0.6 is 54.5 Å². The maximum Gasteiger partial charge on any atom is 0.154 e. The van der Waals surface area contributed by atoms with Crippen LogP contribution < -0.4 is 0 Å². The fraction of sp³-hybridized carbons (Fsp3) is 0.571. The van der Waals surface area contributed by atoms with Crippen LogP contribution in [0.1, 0.15) is 153 Å². The molecule has 6 heteroatoms. The first-order valence-electron chi connectivity index (χ1n) is 19.1. The van der Waals surface area contributed by atoms with Crippen LogP contribution in [0.25, 0.3) is 32.5 Å². The monoisotopic (exact) mass is 812 g/mol. The predicted molar refractivity (Wildman–Crippen MR) is 221 cm³/mol. The van der Waals surface area contributed by atoms with Gasteiger partial charge in [0.25, 0.3) is 0 Å². The van der Waals surface area contributed by atoms with Gasteiger partial charge in [-0.15, -0.1) is 22.7 Å². The number of hydrogen-bond donors (Lipinski definition) is 0. The topological polar surface area (TPSA) is 25.8 Å². The molecular formula is C42H58Br2N2S2. The molecule has 2 aromatic heterocycles. The average molecular weight is 815 g/mol. The summed E-state index contributed by atoms with van der Waals surface area (Å²) in [4.78, 5) is 10.1. The molecule has 2 nitrogen and oxygen atoms in total. The number of aryl methyl sites for hydroxylation is 2. The zero-order valence-electron chi connectivity index (χ0n) is 29.6. The van der Waals surface area contributed by atoms with Gasteiger partial charge in [-0.3, -0.25) is 0 Å². The lowest BCUT2D eigenvalue weighted by atomic mass is 10.0. The van der Waals surface area contributed by atoms with Crippen LogP contribution in [-0.2, 0) is 12.8 Å². The van der Waals surface area contributed by atoms with Crippen LogP contribution in [0.2, 0.25) is 0 Å². The second kappa shape index (κ2) is 23.2. The maximum atomic E-state index is 5.05. The van der Waals surface area contributed by atoms with Gasteiger partial charge in [-0.2, -0.15) is 0 Å². The summed E-state index contributed by atoms with van der Waals surface area (Å²) >= 11 is 10.9. The Balaban J connectivity index is 1.21. The Labute approximate surface area is 317 Å². The van der Waals surface area contributed by atoms with E-state index >= 15 is 0 Å². The van der Waals surface area contributed by atoms with Crippen LogP contribution in [0.3, 0.4) is 0 Å². The Morgan fingerprint density at radius 1 is 0.417 bits per heavy atom. The van der Waals surface area contributed by atoms with Crippen LogP contribution in [-0.4, -0.2) is 9.97 Å². The first-order valence-corrected chi connectivity index (χ1v) is 22.3. The van der Waals surface area contributed by atoms with Crippen molar-refractivity contribution in [3.8, 4) is 32.5 Å². The number of thiazole rings is 2. The molecule has 0 atom stereocenters. The summed E-state index contributed by atoms with van der Waals surface area (Å²) in [6.07, 6.45) is 29.9. The van der Waals surface area contributed by atoms with Gasteiger partial charge in [0.05, 0.1) is 19.0 Å². The Morgan fingerprint density at radius 3 is 1.02 bits per heavy atom. The number of nitrogens with zero attached hydrogens (tertiary/aromatic N) is 2. The Morgan fingerprint density at radius 2 is 0.708 bits per heavy atom. The van der Waals surface area contributed by atoms with Gasteiger partial charge in [0.15, 0.2) is 10.0 Å². The molecule has 0 aliphatic heterocycles. The smallest absolute Gasteiger partial charge is 0.154 e. The highest BCUT2D eigenvalue weighted by Crippen LogP contribution is 2.43. The van der Waals surface area contributed by atoms with Gasteiger partial charge < -0.3 is 0 Å². The van der Waals surface area contributed by atoms with Gasteiger partial charge >= 0.3 is 0 Å². The quantitative estimate of drug-likeness (QED) is 0.0623. The van der Waals surface area contributed by atoms with E-state index in [-0.39, 0.29) is 0 Å². The molecule has 0 unspecified atom stereocenters. The molecule has 48 heavy (non-hydrogen) atoms. The summed E-state index contributed by atoms with van der Waals surface area (Å²) in [5.41, 5.74) is 7.17. The van der Waals surface area contributed by atoms with E-state index in [9.17, 15) is 0 Å². The van der Waals surface area contributed by atoms with E-state index in [1.807, 2.05) is 0 Å². The van der Waals surface area contributed by atoms with Crippen LogP contribution in [0.4, 0.5) is 0 Å². The first-order chi connectivity index (χ1) is 23.6. The fourth-order valence-corrected chi connectivity index (χ4v) is 9.64. The molecule has 0 aliphatic rings. The molecule has 0 radical (unpaired) electrons. The predicted octanol–water partition coefficient (Wildman–Crippen LogP) is 16.1. The summed E-state index contributed by atoms with van der Waals surface area (Å²) in [5.74, 6) is 0. The first kappa shape index (κ1) is 39.4. The van der Waals surface area contributed by atoms with E-state index in [1.54, 1.807) is 22.7 Å². The Bertz CT molecular complexity index is 1320. The summed E-state index contributed by atoms with van der Waals surface area (Å²) in [7, 11) is 0. The van der Waals surface area contributed by atoms with Crippen molar-refractivity contribution < 1.29 is 0 Å². The molecule has 2 heterocycles. The highest BCUT2D eigenvalue weighted by atomic mass is 79.9. The molecule has 0 bridgehead atoms. The summed E-state index contributed by atoms with van der Waals surface area (Å²) in [5, 5.41) is 1.92. The molecule has 4 aromatic rings. The third-order valence-corrected chi connectivity index (χ3v) is 13.0. The highest BCUT2D eigenvalue weighted by Gasteiger charge is 2.18. The minimum Gasteiger partial charge on any atom is -0.232 e. The number of benzene rings is 2. The second-order valence-electron chi connectivity index (χ2n) is 13.5. The number of aromatic nitrogens is 2. The molecule has 0 saturated carbocycles. The second-order valence-corrected chi connectivity index (χ2v) is 18.2. The van der Waals surface area contributed by atoms with E-state index in [0.717, 1.165) is 52.9 Å². The van der Waals surface area contributed by atoms with Crippen molar-refractivity contribution >= 4 is 54.5 Å². The minimum atomic E-state index is 0.959. The van der Waals surface area contributed by atoms with Gasteiger partial charge in [-0.05, 0) is 68.7 Å². The van der Waals surface area contributed by atoms with Crippen LogP contribution in [0.15, 0.2) is 56.1 Å². The average Bonchev–Trinajstić information content (AvgIpc) is 3.69. The number of halogens is 2. The van der Waals surface area contributed by atoms with Gasteiger partial charge in [0.1, 0.15) is 0 Å². The van der Waals surface area contributed by atoms with E-state index in [2.05, 4.69) is 94.2 Å². The highest BCUT2D eigenvalue weighted by molar-refractivity contribution is 9.11. The lowest BCUT2D eigenvalue weighted by molar-refractivity contribution is 0.556. The van der Waals surface area contributed by atoms with Crippen molar-refractivity contribution in [2.75, 3.05) is 0 Å². The molecule has 4 rings (SSSR count). The van der Waals surface area contributed by atoms with Crippen molar-refractivity contribution in [1.29, 1.82) is 0 Å². The molecule has 0 N–H and O–H groups in total. The van der Waals surface area contributed by atoms with Gasteiger partial charge in [-0.1, -0.05) is 178 Å². The zero-order valence-corrected chi connectivity index (χ0v) is 34.4. The zero-order chi connectivity index (χ0) is 33.8. The third kappa shape index (κ3) is 13.8. The molecule has 0 fully saturated rings. The van der Waals surface area contributed by atoms with Crippen molar-refractivity contribution in [3.63, 3.8) is 0 Å². The molecule has 0 aliphatic carbocycles. The molecule has 0 saturated heterocycles. The molecule has 262 valence electrons. The standard InChI is InChI=1S/C42H58Br2N2S2/c1-3-5-7-9-11-13-15-17-19-21-23-33-25-29-35(30-26-33)37-39(43)47-41(45-37)42-46-38(40(44)48-42)36-31-27-34(28-32-36)24-22-20-18-16-14-12-10-8-6-4-2/h25-32H,3-24H2,1-2H3. The maximum absolute atomic E-state index is 5.05. The van der Waals surface area contributed by atoms with Crippen molar-refractivity contribution in [1.82, 2.24) is 9.97 Å². The number of rotatable bonds is 25. The molecule has 0 amide bonds. The Kier molecular flexibility index (Phi) is 19.1. The van der Waals surface area contributed by atoms with E-state index < -0.39 is 0 Å². The number of unbranched alkanes of at least 4 members (excludes halogenated alkanes) is 18. The SMILES string of the molecule is CCCCCCCCCCCCc1ccc(-c2nc(-c3nc(-c4ccc(CCCCCCCCCCCC)cc4)c(Br)s3)sc2Br)cc1. The summed E-state index contributed by atoms with van der Waals surface area (Å²) in [6, 6.07) is 18.1. The van der Waals surface area contributed by atoms with Crippen LogP contribution in [0, 0.1) is 0 Å². The van der Waals surface area contributed by atoms with E-state index in [4.69, 9.17) is 9.97 Å². The van der Waals surface area contributed by atoms with Crippen molar-refractivity contribution in [3.05, 3.63) is 67.2 Å². The molecular weight excluding hydrogens is 756 g/mol. The van der Waals surface area contributed by atoms with Crippen LogP contribution in [0.5, 0.6) is 0 Å². The normalized spacial score (nSPS) is 11.5. The fourth-order valence-electron chi connectivity index (χ4n) is 6.43. The minimum absolute atomic E-state index is 0.959. The Hall–Kier alpha value is -1.34. The largest absolute Gasteiger partial charge is 0.232 e. The lowest BCUT2D eigenvalue weighted by Gasteiger charge is -2.04. The molecule has 2 aromatic carbocycles. The van der Waals surface area contributed by atoms with E-state index in [1.165, 1.54) is 140 Å². The van der Waals surface area contributed by atoms with Gasteiger partial charge in [0, 0.05) is 11.1 Å². The van der Waals surface area contributed by atoms with Crippen molar-refractivity contribution in [2.24, 2.45) is 0 Å². The van der Waals surface area contributed by atoms with Gasteiger partial charge in [-0.25, -0.2) is 9.97 Å². The third-order valence-electron chi connectivity index (χ3n) is 9.45. The molecule has 0 spiro atoms.